The molecule has 4 atom stereocenters. The lowest BCUT2D eigenvalue weighted by Crippen LogP contribution is -2.42. The van der Waals surface area contributed by atoms with E-state index >= 15 is 0 Å². The molecule has 0 bridgehead atoms. The first-order valence-corrected chi connectivity index (χ1v) is 6.18. The molecule has 0 heterocycles. The van der Waals surface area contributed by atoms with E-state index in [1.165, 1.54) is 38.5 Å². The Morgan fingerprint density at radius 2 is 1.79 bits per heavy atom. The highest BCUT2D eigenvalue weighted by Crippen LogP contribution is 2.30. The summed E-state index contributed by atoms with van der Waals surface area (Å²) in [7, 11) is 0. The van der Waals surface area contributed by atoms with Crippen molar-refractivity contribution in [3.63, 3.8) is 0 Å². The van der Waals surface area contributed by atoms with Gasteiger partial charge in [0.15, 0.2) is 0 Å². The van der Waals surface area contributed by atoms with Crippen molar-refractivity contribution in [2.75, 3.05) is 6.61 Å². The fourth-order valence-corrected chi connectivity index (χ4v) is 3.14. The summed E-state index contributed by atoms with van der Waals surface area (Å²) in [5.74, 6) is 1.37. The van der Waals surface area contributed by atoms with Gasteiger partial charge in [-0.2, -0.15) is 0 Å². The van der Waals surface area contributed by atoms with Crippen LogP contribution in [0.4, 0.5) is 0 Å². The average Bonchev–Trinajstić information content (AvgIpc) is 2.77. The van der Waals surface area contributed by atoms with Crippen LogP contribution in [0.1, 0.15) is 45.4 Å². The molecule has 2 N–H and O–H groups in total. The van der Waals surface area contributed by atoms with E-state index in [-0.39, 0.29) is 0 Å². The van der Waals surface area contributed by atoms with Gasteiger partial charge in [0.05, 0.1) is 0 Å². The third kappa shape index (κ3) is 2.12. The molecule has 2 rings (SSSR count). The van der Waals surface area contributed by atoms with E-state index in [0.29, 0.717) is 18.6 Å². The van der Waals surface area contributed by atoms with Crippen molar-refractivity contribution in [3.8, 4) is 0 Å². The Morgan fingerprint density at radius 3 is 2.43 bits per heavy atom. The Balaban J connectivity index is 1.83. The molecule has 4 unspecified atom stereocenters. The van der Waals surface area contributed by atoms with E-state index in [9.17, 15) is 5.11 Å². The van der Waals surface area contributed by atoms with Crippen LogP contribution < -0.4 is 5.32 Å². The Morgan fingerprint density at radius 1 is 1.07 bits per heavy atom. The number of hydrogen-bond acceptors (Lipinski definition) is 2. The molecule has 0 radical (unpaired) electrons. The second-order valence-electron chi connectivity index (χ2n) is 5.16. The van der Waals surface area contributed by atoms with Gasteiger partial charge in [0, 0.05) is 18.7 Å². The molecule has 0 saturated heterocycles. The average molecular weight is 197 g/mol. The molecule has 2 heteroatoms. The first-order chi connectivity index (χ1) is 6.81. The Labute approximate surface area is 87.1 Å². The maximum atomic E-state index is 9.24. The largest absolute Gasteiger partial charge is 0.396 e. The lowest BCUT2D eigenvalue weighted by Gasteiger charge is -2.26. The van der Waals surface area contributed by atoms with E-state index in [2.05, 4.69) is 12.2 Å². The highest BCUT2D eigenvalue weighted by Gasteiger charge is 2.31. The minimum Gasteiger partial charge on any atom is -0.396 e. The minimum absolute atomic E-state index is 0.374. The van der Waals surface area contributed by atoms with E-state index in [1.54, 1.807) is 0 Å². The Kier molecular flexibility index (Phi) is 3.45. The number of hydrogen-bond donors (Lipinski definition) is 2. The van der Waals surface area contributed by atoms with Crippen LogP contribution in [0.2, 0.25) is 0 Å². The maximum absolute atomic E-state index is 9.24. The van der Waals surface area contributed by atoms with Crippen LogP contribution >= 0.6 is 0 Å². The molecule has 2 aliphatic rings. The van der Waals surface area contributed by atoms with E-state index < -0.39 is 0 Å². The third-order valence-electron chi connectivity index (χ3n) is 4.18. The molecule has 2 fully saturated rings. The molecule has 82 valence electrons. The van der Waals surface area contributed by atoms with Gasteiger partial charge in [0.1, 0.15) is 0 Å². The molecule has 0 aromatic heterocycles. The Bertz CT molecular complexity index is 183. The van der Waals surface area contributed by atoms with Gasteiger partial charge >= 0.3 is 0 Å². The van der Waals surface area contributed by atoms with Gasteiger partial charge in [-0.1, -0.05) is 19.8 Å². The summed E-state index contributed by atoms with van der Waals surface area (Å²) in [6.45, 7) is 2.73. The standard InChI is InChI=1S/C12H23NO/c1-9-4-2-6-11(9)13-12-7-3-5-10(12)8-14/h9-14H,2-8H2,1H3. The van der Waals surface area contributed by atoms with Crippen molar-refractivity contribution in [2.45, 2.75) is 57.5 Å². The van der Waals surface area contributed by atoms with Crippen LogP contribution in [0.3, 0.4) is 0 Å². The predicted molar refractivity (Wildman–Crippen MR) is 58.2 cm³/mol. The molecule has 0 spiro atoms. The van der Waals surface area contributed by atoms with Crippen LogP contribution in [0, 0.1) is 11.8 Å². The fourth-order valence-electron chi connectivity index (χ4n) is 3.14. The number of nitrogens with one attached hydrogen (secondary N) is 1. The van der Waals surface area contributed by atoms with Gasteiger partial charge in [0.2, 0.25) is 0 Å². The van der Waals surface area contributed by atoms with Crippen LogP contribution in [0.25, 0.3) is 0 Å². The summed E-state index contributed by atoms with van der Waals surface area (Å²) >= 11 is 0. The lowest BCUT2D eigenvalue weighted by molar-refractivity contribution is 0.195. The zero-order chi connectivity index (χ0) is 9.97. The molecule has 0 aliphatic heterocycles. The van der Waals surface area contributed by atoms with Gasteiger partial charge in [-0.3, -0.25) is 0 Å². The summed E-state index contributed by atoms with van der Waals surface area (Å²) in [6, 6.07) is 1.33. The topological polar surface area (TPSA) is 32.3 Å². The summed E-state index contributed by atoms with van der Waals surface area (Å²) in [5.41, 5.74) is 0. The highest BCUT2D eigenvalue weighted by molar-refractivity contribution is 4.89. The first-order valence-electron chi connectivity index (χ1n) is 6.18. The smallest absolute Gasteiger partial charge is 0.0474 e. The third-order valence-corrected chi connectivity index (χ3v) is 4.18. The Hall–Kier alpha value is -0.0800. The van der Waals surface area contributed by atoms with Crippen molar-refractivity contribution in [3.05, 3.63) is 0 Å². The van der Waals surface area contributed by atoms with Crippen molar-refractivity contribution in [1.82, 2.24) is 5.32 Å². The minimum atomic E-state index is 0.374. The van der Waals surface area contributed by atoms with Gasteiger partial charge in [-0.05, 0) is 37.5 Å². The summed E-state index contributed by atoms with van der Waals surface area (Å²) < 4.78 is 0. The van der Waals surface area contributed by atoms with Gasteiger partial charge < -0.3 is 10.4 Å². The van der Waals surface area contributed by atoms with Crippen molar-refractivity contribution < 1.29 is 5.11 Å². The maximum Gasteiger partial charge on any atom is 0.0474 e. The lowest BCUT2D eigenvalue weighted by atomic mass is 10.0. The zero-order valence-corrected chi connectivity index (χ0v) is 9.21. The molecular formula is C12H23NO. The normalized spacial score (nSPS) is 43.3. The first kappa shape index (κ1) is 10.4. The van der Waals surface area contributed by atoms with Gasteiger partial charge in [-0.15, -0.1) is 0 Å². The summed E-state index contributed by atoms with van der Waals surface area (Å²) in [6.07, 6.45) is 7.90. The molecule has 0 amide bonds. The SMILES string of the molecule is CC1CCCC1NC1CCCC1CO. The van der Waals surface area contributed by atoms with Crippen molar-refractivity contribution >= 4 is 0 Å². The molecular weight excluding hydrogens is 174 g/mol. The number of rotatable bonds is 3. The second-order valence-corrected chi connectivity index (χ2v) is 5.16. The van der Waals surface area contributed by atoms with E-state index in [0.717, 1.165) is 12.0 Å². The van der Waals surface area contributed by atoms with E-state index in [4.69, 9.17) is 0 Å². The second kappa shape index (κ2) is 4.63. The fraction of sp³-hybridized carbons (Fsp3) is 1.00. The molecule has 2 aliphatic carbocycles. The monoisotopic (exact) mass is 197 g/mol. The van der Waals surface area contributed by atoms with Crippen LogP contribution in [0.15, 0.2) is 0 Å². The summed E-state index contributed by atoms with van der Waals surface area (Å²) in [5, 5.41) is 13.0. The van der Waals surface area contributed by atoms with E-state index in [1.807, 2.05) is 0 Å². The molecule has 0 aromatic carbocycles. The molecule has 2 saturated carbocycles. The molecule has 2 nitrogen and oxygen atoms in total. The number of aliphatic hydroxyl groups excluding tert-OH is 1. The zero-order valence-electron chi connectivity index (χ0n) is 9.21. The number of aliphatic hydroxyl groups is 1. The molecule has 14 heavy (non-hydrogen) atoms. The van der Waals surface area contributed by atoms with Crippen LogP contribution in [-0.2, 0) is 0 Å². The highest BCUT2D eigenvalue weighted by atomic mass is 16.3. The predicted octanol–water partition coefficient (Wildman–Crippen LogP) is 1.93. The van der Waals surface area contributed by atoms with Crippen LogP contribution in [0.5, 0.6) is 0 Å². The summed E-state index contributed by atoms with van der Waals surface area (Å²) in [4.78, 5) is 0. The van der Waals surface area contributed by atoms with Crippen molar-refractivity contribution in [2.24, 2.45) is 11.8 Å². The van der Waals surface area contributed by atoms with Gasteiger partial charge in [0.25, 0.3) is 0 Å². The van der Waals surface area contributed by atoms with Crippen LogP contribution in [-0.4, -0.2) is 23.8 Å². The van der Waals surface area contributed by atoms with Crippen molar-refractivity contribution in [1.29, 1.82) is 0 Å². The van der Waals surface area contributed by atoms with Gasteiger partial charge in [-0.25, -0.2) is 0 Å². The quantitative estimate of drug-likeness (QED) is 0.724. The molecule has 0 aromatic rings.